The Kier molecular flexibility index (Phi) is 4.81. The van der Waals surface area contributed by atoms with Gasteiger partial charge >= 0.3 is 0 Å². The van der Waals surface area contributed by atoms with E-state index in [2.05, 4.69) is 0 Å². The molecular weight excluding hydrogens is 256 g/mol. The van der Waals surface area contributed by atoms with Crippen LogP contribution in [0.15, 0.2) is 60.0 Å². The maximum atomic E-state index is 11.7. The van der Waals surface area contributed by atoms with Crippen LogP contribution in [0.25, 0.3) is 0 Å². The minimum Gasteiger partial charge on any atom is -0.293 e. The van der Waals surface area contributed by atoms with Gasteiger partial charge in [0.05, 0.1) is 4.88 Å². The van der Waals surface area contributed by atoms with Gasteiger partial charge in [0, 0.05) is 12.0 Å². The molecule has 0 aliphatic rings. The van der Waals surface area contributed by atoms with Crippen molar-refractivity contribution in [3.63, 3.8) is 0 Å². The third kappa shape index (κ3) is 4.00. The highest BCUT2D eigenvalue weighted by Gasteiger charge is 2.05. The Morgan fingerprint density at radius 1 is 1.05 bits per heavy atom. The number of carbonyl (C=O) groups is 2. The lowest BCUT2D eigenvalue weighted by Gasteiger charge is -1.95. The lowest BCUT2D eigenvalue weighted by Crippen LogP contribution is -1.95. The highest BCUT2D eigenvalue weighted by molar-refractivity contribution is 7.12. The predicted molar refractivity (Wildman–Crippen MR) is 77.8 cm³/mol. The molecule has 0 aliphatic carbocycles. The van der Waals surface area contributed by atoms with Gasteiger partial charge in [-0.05, 0) is 23.9 Å². The van der Waals surface area contributed by atoms with Gasteiger partial charge in [0.15, 0.2) is 11.6 Å². The van der Waals surface area contributed by atoms with Crippen molar-refractivity contribution >= 4 is 22.9 Å². The van der Waals surface area contributed by atoms with E-state index in [0.29, 0.717) is 18.4 Å². The standard InChI is InChI=1S/C16H14O2S/c17-14(13-7-2-1-3-8-13)9-4-5-10-15(18)16-11-6-12-19-16/h1-4,6-9,11-12H,5,10H2/b9-4+. The summed E-state index contributed by atoms with van der Waals surface area (Å²) in [5.41, 5.74) is 0.670. The fourth-order valence-corrected chi connectivity index (χ4v) is 2.36. The molecule has 2 nitrogen and oxygen atoms in total. The largest absolute Gasteiger partial charge is 0.293 e. The van der Waals surface area contributed by atoms with E-state index in [9.17, 15) is 9.59 Å². The molecule has 2 aromatic rings. The molecule has 0 bridgehead atoms. The quantitative estimate of drug-likeness (QED) is 0.583. The number of thiophene rings is 1. The third-order valence-electron chi connectivity index (χ3n) is 2.66. The van der Waals surface area contributed by atoms with Crippen molar-refractivity contribution in [3.05, 3.63) is 70.4 Å². The van der Waals surface area contributed by atoms with E-state index in [1.165, 1.54) is 17.4 Å². The average Bonchev–Trinajstić information content (AvgIpc) is 2.98. The van der Waals surface area contributed by atoms with Crippen LogP contribution in [0.2, 0.25) is 0 Å². The smallest absolute Gasteiger partial charge is 0.185 e. The number of rotatable bonds is 6. The van der Waals surface area contributed by atoms with Crippen LogP contribution in [0.5, 0.6) is 0 Å². The Hall–Kier alpha value is -2.00. The first kappa shape index (κ1) is 13.4. The Balaban J connectivity index is 1.81. The topological polar surface area (TPSA) is 34.1 Å². The van der Waals surface area contributed by atoms with Gasteiger partial charge < -0.3 is 0 Å². The normalized spacial score (nSPS) is 10.7. The summed E-state index contributed by atoms with van der Waals surface area (Å²) in [7, 11) is 0. The van der Waals surface area contributed by atoms with Crippen LogP contribution >= 0.6 is 11.3 Å². The number of hydrogen-bond acceptors (Lipinski definition) is 3. The second-order valence-electron chi connectivity index (χ2n) is 4.07. The summed E-state index contributed by atoms with van der Waals surface area (Å²) in [5, 5.41) is 1.89. The van der Waals surface area contributed by atoms with E-state index in [1.807, 2.05) is 35.7 Å². The van der Waals surface area contributed by atoms with E-state index in [-0.39, 0.29) is 11.6 Å². The van der Waals surface area contributed by atoms with E-state index in [4.69, 9.17) is 0 Å². The Morgan fingerprint density at radius 2 is 1.84 bits per heavy atom. The molecule has 2 rings (SSSR count). The summed E-state index contributed by atoms with van der Waals surface area (Å²) in [4.78, 5) is 24.2. The highest BCUT2D eigenvalue weighted by Crippen LogP contribution is 2.12. The van der Waals surface area contributed by atoms with Crippen LogP contribution in [-0.4, -0.2) is 11.6 Å². The van der Waals surface area contributed by atoms with Crippen LogP contribution in [-0.2, 0) is 0 Å². The molecule has 0 aliphatic heterocycles. The number of hydrogen-bond donors (Lipinski definition) is 0. The molecule has 1 aromatic heterocycles. The van der Waals surface area contributed by atoms with Gasteiger partial charge in [-0.3, -0.25) is 9.59 Å². The molecule has 1 aromatic carbocycles. The van der Waals surface area contributed by atoms with Crippen molar-refractivity contribution in [3.8, 4) is 0 Å². The molecule has 0 atom stereocenters. The molecule has 0 spiro atoms. The minimum absolute atomic E-state index is 0.0239. The predicted octanol–water partition coefficient (Wildman–Crippen LogP) is 4.15. The Morgan fingerprint density at radius 3 is 2.53 bits per heavy atom. The van der Waals surface area contributed by atoms with Crippen molar-refractivity contribution in [2.45, 2.75) is 12.8 Å². The van der Waals surface area contributed by atoms with E-state index >= 15 is 0 Å². The number of Topliss-reactive ketones (excluding diaryl/α,β-unsaturated/α-hetero) is 1. The van der Waals surface area contributed by atoms with Crippen molar-refractivity contribution in [2.75, 3.05) is 0 Å². The summed E-state index contributed by atoms with van der Waals surface area (Å²) in [6.45, 7) is 0. The first-order valence-electron chi connectivity index (χ1n) is 6.10. The molecule has 96 valence electrons. The zero-order valence-corrected chi connectivity index (χ0v) is 11.2. The van der Waals surface area contributed by atoms with Crippen molar-refractivity contribution < 1.29 is 9.59 Å². The van der Waals surface area contributed by atoms with E-state index in [0.717, 1.165) is 4.88 Å². The van der Waals surface area contributed by atoms with Gasteiger partial charge in [0.25, 0.3) is 0 Å². The van der Waals surface area contributed by atoms with Gasteiger partial charge in [-0.1, -0.05) is 42.5 Å². The molecule has 0 radical (unpaired) electrons. The zero-order chi connectivity index (χ0) is 13.5. The summed E-state index contributed by atoms with van der Waals surface area (Å²) < 4.78 is 0. The van der Waals surface area contributed by atoms with Crippen LogP contribution in [0.3, 0.4) is 0 Å². The molecule has 3 heteroatoms. The fourth-order valence-electron chi connectivity index (χ4n) is 1.66. The van der Waals surface area contributed by atoms with Crippen LogP contribution in [0.1, 0.15) is 32.9 Å². The minimum atomic E-state index is -0.0239. The lowest BCUT2D eigenvalue weighted by molar-refractivity contribution is 0.0985. The van der Waals surface area contributed by atoms with Crippen molar-refractivity contribution in [2.24, 2.45) is 0 Å². The first-order valence-corrected chi connectivity index (χ1v) is 6.98. The first-order chi connectivity index (χ1) is 9.27. The Labute approximate surface area is 116 Å². The number of allylic oxidation sites excluding steroid dienone is 2. The molecule has 0 fully saturated rings. The van der Waals surface area contributed by atoms with Gasteiger partial charge in [-0.2, -0.15) is 0 Å². The maximum absolute atomic E-state index is 11.7. The summed E-state index contributed by atoms with van der Waals surface area (Å²) >= 11 is 1.45. The molecule has 0 amide bonds. The fraction of sp³-hybridized carbons (Fsp3) is 0.125. The van der Waals surface area contributed by atoms with Gasteiger partial charge in [0.2, 0.25) is 0 Å². The van der Waals surface area contributed by atoms with Crippen LogP contribution < -0.4 is 0 Å². The van der Waals surface area contributed by atoms with Gasteiger partial charge in [-0.25, -0.2) is 0 Å². The second kappa shape index (κ2) is 6.81. The second-order valence-corrected chi connectivity index (χ2v) is 5.02. The maximum Gasteiger partial charge on any atom is 0.185 e. The highest BCUT2D eigenvalue weighted by atomic mass is 32.1. The van der Waals surface area contributed by atoms with Crippen molar-refractivity contribution in [1.82, 2.24) is 0 Å². The van der Waals surface area contributed by atoms with Crippen molar-refractivity contribution in [1.29, 1.82) is 0 Å². The number of ketones is 2. The van der Waals surface area contributed by atoms with Gasteiger partial charge in [0.1, 0.15) is 0 Å². The number of carbonyl (C=O) groups excluding carboxylic acids is 2. The lowest BCUT2D eigenvalue weighted by atomic mass is 10.1. The molecule has 0 saturated carbocycles. The van der Waals surface area contributed by atoms with Crippen LogP contribution in [0, 0.1) is 0 Å². The summed E-state index contributed by atoms with van der Waals surface area (Å²) in [6, 6.07) is 12.8. The van der Waals surface area contributed by atoms with E-state index in [1.54, 1.807) is 18.2 Å². The SMILES string of the molecule is O=C(/C=C/CCC(=O)c1cccs1)c1ccccc1. The van der Waals surface area contributed by atoms with E-state index < -0.39 is 0 Å². The third-order valence-corrected chi connectivity index (χ3v) is 3.57. The zero-order valence-electron chi connectivity index (χ0n) is 10.4. The van der Waals surface area contributed by atoms with Gasteiger partial charge in [-0.15, -0.1) is 11.3 Å². The average molecular weight is 270 g/mol. The van der Waals surface area contributed by atoms with Crippen LogP contribution in [0.4, 0.5) is 0 Å². The molecule has 1 heterocycles. The number of benzene rings is 1. The monoisotopic (exact) mass is 270 g/mol. The molecule has 0 saturated heterocycles. The summed E-state index contributed by atoms with van der Waals surface area (Å²) in [6.07, 6.45) is 4.34. The Bertz CT molecular complexity index is 568. The molecule has 19 heavy (non-hydrogen) atoms. The molecular formula is C16H14O2S. The summed E-state index contributed by atoms with van der Waals surface area (Å²) in [5.74, 6) is 0.107. The molecule has 0 N–H and O–H groups in total. The molecule has 0 unspecified atom stereocenters.